The van der Waals surface area contributed by atoms with E-state index in [4.69, 9.17) is 5.73 Å². The van der Waals surface area contributed by atoms with Gasteiger partial charge in [-0.3, -0.25) is 0 Å². The number of hydrogen-bond acceptors (Lipinski definition) is 2. The molecular formula is C13H20N2. The summed E-state index contributed by atoms with van der Waals surface area (Å²) in [5.74, 6) is 0.686. The Balaban J connectivity index is 2.17. The molecule has 2 heteroatoms. The molecule has 1 aliphatic rings. The molecule has 1 aliphatic heterocycles. The first-order valence-electron chi connectivity index (χ1n) is 5.73. The van der Waals surface area contributed by atoms with Crippen LogP contribution in [-0.4, -0.2) is 19.6 Å². The van der Waals surface area contributed by atoms with Gasteiger partial charge < -0.3 is 10.6 Å². The molecule has 2 nitrogen and oxygen atoms in total. The van der Waals surface area contributed by atoms with Crippen molar-refractivity contribution in [3.63, 3.8) is 0 Å². The summed E-state index contributed by atoms with van der Waals surface area (Å²) < 4.78 is 0. The summed E-state index contributed by atoms with van der Waals surface area (Å²) in [7, 11) is 0. The zero-order valence-electron chi connectivity index (χ0n) is 9.66. The molecule has 1 saturated heterocycles. The second-order valence-electron chi connectivity index (χ2n) is 4.63. The van der Waals surface area contributed by atoms with Gasteiger partial charge in [0.25, 0.3) is 0 Å². The van der Waals surface area contributed by atoms with Crippen molar-refractivity contribution in [2.24, 2.45) is 11.7 Å². The molecule has 0 bridgehead atoms. The van der Waals surface area contributed by atoms with Crippen LogP contribution in [0.2, 0.25) is 0 Å². The van der Waals surface area contributed by atoms with Gasteiger partial charge in [0.2, 0.25) is 0 Å². The maximum absolute atomic E-state index is 5.71. The van der Waals surface area contributed by atoms with Crippen molar-refractivity contribution in [3.05, 3.63) is 29.3 Å². The smallest absolute Gasteiger partial charge is 0.0396 e. The van der Waals surface area contributed by atoms with Crippen LogP contribution in [-0.2, 0) is 0 Å². The average Bonchev–Trinajstić information content (AvgIpc) is 2.66. The van der Waals surface area contributed by atoms with Crippen molar-refractivity contribution in [2.45, 2.75) is 20.3 Å². The largest absolute Gasteiger partial charge is 0.371 e. The molecule has 1 aromatic carbocycles. The standard InChI is InChI=1S/C13H20N2/c1-10-3-4-13(11(2)7-10)15-6-5-12(8-14)9-15/h3-4,7,12H,5-6,8-9,14H2,1-2H3/t12-/m0/s1. The Morgan fingerprint density at radius 1 is 1.40 bits per heavy atom. The third-order valence-electron chi connectivity index (χ3n) is 3.31. The number of aryl methyl sites for hydroxylation is 2. The van der Waals surface area contributed by atoms with Crippen LogP contribution in [0.25, 0.3) is 0 Å². The maximum Gasteiger partial charge on any atom is 0.0396 e. The van der Waals surface area contributed by atoms with E-state index in [1.807, 2.05) is 0 Å². The summed E-state index contributed by atoms with van der Waals surface area (Å²) in [6.45, 7) is 7.44. The van der Waals surface area contributed by atoms with Crippen LogP contribution >= 0.6 is 0 Å². The lowest BCUT2D eigenvalue weighted by Gasteiger charge is -2.21. The molecule has 15 heavy (non-hydrogen) atoms. The lowest BCUT2D eigenvalue weighted by molar-refractivity contribution is 0.602. The van der Waals surface area contributed by atoms with E-state index in [1.165, 1.54) is 23.2 Å². The summed E-state index contributed by atoms with van der Waals surface area (Å²) >= 11 is 0. The first-order valence-corrected chi connectivity index (χ1v) is 5.73. The molecule has 0 saturated carbocycles. The Hall–Kier alpha value is -1.02. The van der Waals surface area contributed by atoms with Crippen molar-refractivity contribution in [2.75, 3.05) is 24.5 Å². The highest BCUT2D eigenvalue weighted by molar-refractivity contribution is 5.55. The highest BCUT2D eigenvalue weighted by atomic mass is 15.2. The summed E-state index contributed by atoms with van der Waals surface area (Å²) in [5, 5.41) is 0. The fraction of sp³-hybridized carbons (Fsp3) is 0.538. The Labute approximate surface area is 92.1 Å². The molecule has 0 unspecified atom stereocenters. The number of benzene rings is 1. The van der Waals surface area contributed by atoms with Gasteiger partial charge in [0.1, 0.15) is 0 Å². The molecule has 0 aliphatic carbocycles. The molecule has 1 heterocycles. The van der Waals surface area contributed by atoms with Gasteiger partial charge in [0.15, 0.2) is 0 Å². The first-order chi connectivity index (χ1) is 7.20. The number of hydrogen-bond donors (Lipinski definition) is 1. The van der Waals surface area contributed by atoms with Crippen LogP contribution in [0.4, 0.5) is 5.69 Å². The van der Waals surface area contributed by atoms with E-state index >= 15 is 0 Å². The van der Waals surface area contributed by atoms with Crippen molar-refractivity contribution in [1.29, 1.82) is 0 Å². The molecule has 0 aromatic heterocycles. The predicted molar refractivity (Wildman–Crippen MR) is 65.3 cm³/mol. The van der Waals surface area contributed by atoms with Gasteiger partial charge in [-0.25, -0.2) is 0 Å². The Morgan fingerprint density at radius 2 is 2.20 bits per heavy atom. The summed E-state index contributed by atoms with van der Waals surface area (Å²) in [5.41, 5.74) is 9.82. The minimum absolute atomic E-state index is 0.686. The summed E-state index contributed by atoms with van der Waals surface area (Å²) in [4.78, 5) is 2.46. The van der Waals surface area contributed by atoms with Crippen LogP contribution in [0, 0.1) is 19.8 Å². The SMILES string of the molecule is Cc1ccc(N2CC[C@@H](CN)C2)c(C)c1. The first kappa shape index (κ1) is 10.5. The fourth-order valence-corrected chi connectivity index (χ4v) is 2.40. The summed E-state index contributed by atoms with van der Waals surface area (Å²) in [6.07, 6.45) is 1.24. The molecule has 1 atom stereocenters. The molecule has 0 spiro atoms. The maximum atomic E-state index is 5.71. The monoisotopic (exact) mass is 204 g/mol. The molecule has 1 aromatic rings. The topological polar surface area (TPSA) is 29.3 Å². The Kier molecular flexibility index (Phi) is 2.96. The van der Waals surface area contributed by atoms with Crippen LogP contribution in [0.15, 0.2) is 18.2 Å². The van der Waals surface area contributed by atoms with Gasteiger partial charge in [-0.1, -0.05) is 17.7 Å². The van der Waals surface area contributed by atoms with E-state index in [2.05, 4.69) is 36.9 Å². The van der Waals surface area contributed by atoms with Gasteiger partial charge in [0, 0.05) is 18.8 Å². The van der Waals surface area contributed by atoms with Gasteiger partial charge in [0.05, 0.1) is 0 Å². The van der Waals surface area contributed by atoms with E-state index in [-0.39, 0.29) is 0 Å². The van der Waals surface area contributed by atoms with Gasteiger partial charge in [-0.2, -0.15) is 0 Å². The van der Waals surface area contributed by atoms with E-state index in [9.17, 15) is 0 Å². The molecule has 0 amide bonds. The number of anilines is 1. The molecule has 2 N–H and O–H groups in total. The quantitative estimate of drug-likeness (QED) is 0.799. The van der Waals surface area contributed by atoms with Crippen LogP contribution in [0.1, 0.15) is 17.5 Å². The number of nitrogens with zero attached hydrogens (tertiary/aromatic N) is 1. The van der Waals surface area contributed by atoms with Gasteiger partial charge in [-0.15, -0.1) is 0 Å². The third-order valence-corrected chi connectivity index (χ3v) is 3.31. The Bertz CT molecular complexity index is 346. The Morgan fingerprint density at radius 3 is 2.80 bits per heavy atom. The number of rotatable bonds is 2. The van der Waals surface area contributed by atoms with Crippen LogP contribution < -0.4 is 10.6 Å². The molecular weight excluding hydrogens is 184 g/mol. The fourth-order valence-electron chi connectivity index (χ4n) is 2.40. The van der Waals surface area contributed by atoms with E-state index in [1.54, 1.807) is 0 Å². The highest BCUT2D eigenvalue weighted by Crippen LogP contribution is 2.26. The van der Waals surface area contributed by atoms with E-state index in [0.29, 0.717) is 5.92 Å². The minimum Gasteiger partial charge on any atom is -0.371 e. The van der Waals surface area contributed by atoms with Crippen molar-refractivity contribution < 1.29 is 0 Å². The number of nitrogens with two attached hydrogens (primary N) is 1. The van der Waals surface area contributed by atoms with Crippen LogP contribution in [0.5, 0.6) is 0 Å². The molecule has 1 fully saturated rings. The molecule has 82 valence electrons. The van der Waals surface area contributed by atoms with E-state index < -0.39 is 0 Å². The second kappa shape index (κ2) is 4.23. The molecule has 2 rings (SSSR count). The van der Waals surface area contributed by atoms with Gasteiger partial charge >= 0.3 is 0 Å². The highest BCUT2D eigenvalue weighted by Gasteiger charge is 2.22. The van der Waals surface area contributed by atoms with Crippen molar-refractivity contribution >= 4 is 5.69 Å². The lowest BCUT2D eigenvalue weighted by atomic mass is 10.1. The zero-order valence-corrected chi connectivity index (χ0v) is 9.66. The zero-order chi connectivity index (χ0) is 10.8. The van der Waals surface area contributed by atoms with E-state index in [0.717, 1.165) is 19.6 Å². The average molecular weight is 204 g/mol. The lowest BCUT2D eigenvalue weighted by Crippen LogP contribution is -2.23. The third kappa shape index (κ3) is 2.15. The minimum atomic E-state index is 0.686. The van der Waals surface area contributed by atoms with Crippen molar-refractivity contribution in [3.8, 4) is 0 Å². The predicted octanol–water partition coefficient (Wildman–Crippen LogP) is 2.09. The van der Waals surface area contributed by atoms with Crippen LogP contribution in [0.3, 0.4) is 0 Å². The van der Waals surface area contributed by atoms with Gasteiger partial charge in [-0.05, 0) is 44.4 Å². The second-order valence-corrected chi connectivity index (χ2v) is 4.63. The molecule has 0 radical (unpaired) electrons. The normalized spacial score (nSPS) is 21.0. The summed E-state index contributed by atoms with van der Waals surface area (Å²) in [6, 6.07) is 6.69. The van der Waals surface area contributed by atoms with Crippen molar-refractivity contribution in [1.82, 2.24) is 0 Å².